The van der Waals surface area contributed by atoms with Crippen molar-refractivity contribution in [2.75, 3.05) is 39.3 Å². The number of nitrogens with two attached hydrogens (primary N) is 1. The molecular formula is C19H31N3O3. The van der Waals surface area contributed by atoms with Crippen LogP contribution in [-0.2, 0) is 4.74 Å². The van der Waals surface area contributed by atoms with E-state index in [0.717, 1.165) is 24.4 Å². The molecule has 0 aliphatic carbocycles. The van der Waals surface area contributed by atoms with Crippen LogP contribution in [0.3, 0.4) is 0 Å². The summed E-state index contributed by atoms with van der Waals surface area (Å²) in [6, 6.07) is 8.13. The lowest BCUT2D eigenvalue weighted by atomic mass is 10.0. The van der Waals surface area contributed by atoms with Gasteiger partial charge < -0.3 is 20.1 Å². The van der Waals surface area contributed by atoms with Crippen LogP contribution in [0.5, 0.6) is 5.75 Å². The van der Waals surface area contributed by atoms with Gasteiger partial charge in [0.05, 0.1) is 12.6 Å². The zero-order chi connectivity index (χ0) is 18.4. The van der Waals surface area contributed by atoms with E-state index in [0.29, 0.717) is 26.2 Å². The van der Waals surface area contributed by atoms with E-state index in [-0.39, 0.29) is 12.1 Å². The lowest BCUT2D eigenvalue weighted by molar-refractivity contribution is 0.0105. The van der Waals surface area contributed by atoms with Crippen molar-refractivity contribution in [1.82, 2.24) is 9.80 Å². The molecule has 1 aromatic carbocycles. The van der Waals surface area contributed by atoms with E-state index < -0.39 is 5.60 Å². The summed E-state index contributed by atoms with van der Waals surface area (Å²) in [4.78, 5) is 16.3. The summed E-state index contributed by atoms with van der Waals surface area (Å²) in [6.07, 6.45) is -0.244. The summed E-state index contributed by atoms with van der Waals surface area (Å²) in [5, 5.41) is 0. The van der Waals surface area contributed by atoms with E-state index in [1.807, 2.05) is 45.9 Å². The normalized spacial score (nSPS) is 17.2. The highest BCUT2D eigenvalue weighted by atomic mass is 16.6. The van der Waals surface area contributed by atoms with Gasteiger partial charge in [0.2, 0.25) is 0 Å². The lowest BCUT2D eigenvalue weighted by Crippen LogP contribution is -2.51. The Morgan fingerprint density at radius 3 is 2.40 bits per heavy atom. The lowest BCUT2D eigenvalue weighted by Gasteiger charge is -2.39. The molecule has 1 aliphatic heterocycles. The predicted molar refractivity (Wildman–Crippen MR) is 98.8 cm³/mol. The maximum absolute atomic E-state index is 12.2. The standard InChI is InChI=1S/C19H31N3O3/c1-5-24-17-9-7-6-8-15(17)16(14-20)21-10-12-22(13-11-21)18(23)25-19(2,3)4/h6-9,16H,5,10-14,20H2,1-4H3. The van der Waals surface area contributed by atoms with Crippen molar-refractivity contribution in [2.24, 2.45) is 5.73 Å². The van der Waals surface area contributed by atoms with Gasteiger partial charge in [-0.3, -0.25) is 4.90 Å². The molecule has 1 heterocycles. The third kappa shape index (κ3) is 5.34. The first kappa shape index (κ1) is 19.5. The van der Waals surface area contributed by atoms with Crippen LogP contribution in [-0.4, -0.2) is 60.8 Å². The first-order valence-electron chi connectivity index (χ1n) is 8.99. The maximum atomic E-state index is 12.2. The number of benzene rings is 1. The summed E-state index contributed by atoms with van der Waals surface area (Å²) in [6.45, 7) is 11.6. The van der Waals surface area contributed by atoms with Gasteiger partial charge in [0.1, 0.15) is 11.4 Å². The predicted octanol–water partition coefficient (Wildman–Crippen LogP) is 2.64. The van der Waals surface area contributed by atoms with Crippen molar-refractivity contribution in [3.8, 4) is 5.75 Å². The van der Waals surface area contributed by atoms with Crippen LogP contribution in [0.1, 0.15) is 39.3 Å². The maximum Gasteiger partial charge on any atom is 0.410 e. The van der Waals surface area contributed by atoms with E-state index in [9.17, 15) is 4.79 Å². The second-order valence-electron chi connectivity index (χ2n) is 7.23. The second kappa shape index (κ2) is 8.54. The minimum atomic E-state index is -0.468. The molecule has 1 aromatic rings. The fraction of sp³-hybridized carbons (Fsp3) is 0.632. The van der Waals surface area contributed by atoms with Crippen molar-refractivity contribution in [2.45, 2.75) is 39.3 Å². The minimum Gasteiger partial charge on any atom is -0.494 e. The van der Waals surface area contributed by atoms with E-state index >= 15 is 0 Å². The van der Waals surface area contributed by atoms with Crippen LogP contribution in [0.2, 0.25) is 0 Å². The Bertz CT molecular complexity index is 563. The highest BCUT2D eigenvalue weighted by Crippen LogP contribution is 2.29. The molecule has 0 aromatic heterocycles. The fourth-order valence-corrected chi connectivity index (χ4v) is 3.06. The number of rotatable bonds is 5. The Kier molecular flexibility index (Phi) is 6.67. The van der Waals surface area contributed by atoms with Crippen LogP contribution < -0.4 is 10.5 Å². The van der Waals surface area contributed by atoms with Crippen molar-refractivity contribution >= 4 is 6.09 Å². The molecule has 1 atom stereocenters. The molecule has 6 heteroatoms. The van der Waals surface area contributed by atoms with E-state index in [2.05, 4.69) is 11.0 Å². The highest BCUT2D eigenvalue weighted by molar-refractivity contribution is 5.68. The summed E-state index contributed by atoms with van der Waals surface area (Å²) in [5.41, 5.74) is 6.72. The van der Waals surface area contributed by atoms with Gasteiger partial charge in [-0.25, -0.2) is 4.79 Å². The Morgan fingerprint density at radius 1 is 1.20 bits per heavy atom. The number of piperazine rings is 1. The van der Waals surface area contributed by atoms with Gasteiger partial charge in [0.25, 0.3) is 0 Å². The molecule has 0 spiro atoms. The molecule has 0 saturated carbocycles. The number of hydrogen-bond donors (Lipinski definition) is 1. The Hall–Kier alpha value is -1.79. The average Bonchev–Trinajstić information content (AvgIpc) is 2.56. The minimum absolute atomic E-state index is 0.0866. The van der Waals surface area contributed by atoms with Crippen molar-refractivity contribution < 1.29 is 14.3 Å². The first-order chi connectivity index (χ1) is 11.9. The molecule has 1 amide bonds. The Labute approximate surface area is 150 Å². The third-order valence-electron chi connectivity index (χ3n) is 4.21. The molecule has 1 fully saturated rings. The quantitative estimate of drug-likeness (QED) is 0.885. The van der Waals surface area contributed by atoms with Gasteiger partial charge in [-0.05, 0) is 33.8 Å². The van der Waals surface area contributed by atoms with Crippen molar-refractivity contribution in [3.63, 3.8) is 0 Å². The molecule has 0 radical (unpaired) electrons. The SMILES string of the molecule is CCOc1ccccc1C(CN)N1CCN(C(=O)OC(C)(C)C)CC1. The van der Waals surface area contributed by atoms with Crippen LogP contribution in [0.25, 0.3) is 0 Å². The molecule has 1 aliphatic rings. The monoisotopic (exact) mass is 349 g/mol. The zero-order valence-electron chi connectivity index (χ0n) is 15.8. The highest BCUT2D eigenvalue weighted by Gasteiger charge is 2.30. The molecule has 6 nitrogen and oxygen atoms in total. The number of hydrogen-bond acceptors (Lipinski definition) is 5. The topological polar surface area (TPSA) is 68.0 Å². The van der Waals surface area contributed by atoms with Crippen LogP contribution in [0.4, 0.5) is 4.79 Å². The number of amides is 1. The van der Waals surface area contributed by atoms with Gasteiger partial charge in [-0.15, -0.1) is 0 Å². The van der Waals surface area contributed by atoms with E-state index in [1.165, 1.54) is 0 Å². The molecule has 140 valence electrons. The number of carbonyl (C=O) groups excluding carboxylic acids is 1. The van der Waals surface area contributed by atoms with Crippen LogP contribution in [0.15, 0.2) is 24.3 Å². The Balaban J connectivity index is 2.02. The second-order valence-corrected chi connectivity index (χ2v) is 7.23. The molecule has 1 unspecified atom stereocenters. The average molecular weight is 349 g/mol. The summed E-state index contributed by atoms with van der Waals surface area (Å²) >= 11 is 0. The summed E-state index contributed by atoms with van der Waals surface area (Å²) in [7, 11) is 0. The largest absolute Gasteiger partial charge is 0.494 e. The van der Waals surface area contributed by atoms with Gasteiger partial charge in [-0.1, -0.05) is 18.2 Å². The Morgan fingerprint density at radius 2 is 1.84 bits per heavy atom. The van der Waals surface area contributed by atoms with Gasteiger partial charge in [0.15, 0.2) is 0 Å². The number of para-hydroxylation sites is 1. The van der Waals surface area contributed by atoms with Gasteiger partial charge >= 0.3 is 6.09 Å². The molecule has 1 saturated heterocycles. The van der Waals surface area contributed by atoms with Crippen LogP contribution in [0, 0.1) is 0 Å². The van der Waals surface area contributed by atoms with Gasteiger partial charge in [0, 0.05) is 38.3 Å². The smallest absolute Gasteiger partial charge is 0.410 e. The fourth-order valence-electron chi connectivity index (χ4n) is 3.06. The first-order valence-corrected chi connectivity index (χ1v) is 8.99. The molecule has 0 bridgehead atoms. The van der Waals surface area contributed by atoms with Crippen molar-refractivity contribution in [3.05, 3.63) is 29.8 Å². The van der Waals surface area contributed by atoms with Crippen molar-refractivity contribution in [1.29, 1.82) is 0 Å². The van der Waals surface area contributed by atoms with Crippen LogP contribution >= 0.6 is 0 Å². The third-order valence-corrected chi connectivity index (χ3v) is 4.21. The van der Waals surface area contributed by atoms with E-state index in [1.54, 1.807) is 4.90 Å². The zero-order valence-corrected chi connectivity index (χ0v) is 15.8. The molecule has 2 N–H and O–H groups in total. The summed E-state index contributed by atoms with van der Waals surface area (Å²) in [5.74, 6) is 0.884. The molecule has 2 rings (SSSR count). The number of ether oxygens (including phenoxy) is 2. The summed E-state index contributed by atoms with van der Waals surface area (Å²) < 4.78 is 11.2. The number of carbonyl (C=O) groups is 1. The molecular weight excluding hydrogens is 318 g/mol. The van der Waals surface area contributed by atoms with Gasteiger partial charge in [-0.2, -0.15) is 0 Å². The number of nitrogens with zero attached hydrogens (tertiary/aromatic N) is 2. The van der Waals surface area contributed by atoms with E-state index in [4.69, 9.17) is 15.2 Å². The molecule has 25 heavy (non-hydrogen) atoms.